The van der Waals surface area contributed by atoms with Gasteiger partial charge in [-0.25, -0.2) is 9.97 Å². The maximum absolute atomic E-state index is 9.41. The molecule has 1 N–H and O–H groups in total. The minimum Gasteiger partial charge on any atom is -0.472 e. The lowest BCUT2D eigenvalue weighted by molar-refractivity contribution is 0.134. The van der Waals surface area contributed by atoms with E-state index in [1.54, 1.807) is 12.5 Å². The summed E-state index contributed by atoms with van der Waals surface area (Å²) in [6.45, 7) is 7.68. The van der Waals surface area contributed by atoms with E-state index in [2.05, 4.69) is 19.8 Å². The van der Waals surface area contributed by atoms with Crippen LogP contribution in [-0.4, -0.2) is 52.3 Å². The number of anilines is 1. The SMILES string of the molecule is Cc1cc(C)nc(N2CCN(Cc3ccoc3)C(CCO)C2)n1. The predicted molar refractivity (Wildman–Crippen MR) is 88.3 cm³/mol. The van der Waals surface area contributed by atoms with E-state index in [9.17, 15) is 5.11 Å². The standard InChI is InChI=1S/C17H24N4O2/c1-13-9-14(2)19-17(18-13)21-6-5-20(16(11-21)3-7-22)10-15-4-8-23-12-15/h4,8-9,12,16,22H,3,5-7,10-11H2,1-2H3. The third kappa shape index (κ3) is 3.89. The third-order valence-corrected chi connectivity index (χ3v) is 4.29. The van der Waals surface area contributed by atoms with E-state index in [1.165, 1.54) is 5.56 Å². The summed E-state index contributed by atoms with van der Waals surface area (Å²) >= 11 is 0. The molecule has 1 aliphatic heterocycles. The molecule has 1 fully saturated rings. The fraction of sp³-hybridized carbons (Fsp3) is 0.529. The van der Waals surface area contributed by atoms with Crippen molar-refractivity contribution in [1.82, 2.24) is 14.9 Å². The van der Waals surface area contributed by atoms with E-state index in [4.69, 9.17) is 4.42 Å². The molecule has 0 aliphatic carbocycles. The molecule has 0 saturated carbocycles. The summed E-state index contributed by atoms with van der Waals surface area (Å²) in [5.41, 5.74) is 3.16. The number of aliphatic hydroxyl groups is 1. The average molecular weight is 316 g/mol. The minimum absolute atomic E-state index is 0.189. The second-order valence-electron chi connectivity index (χ2n) is 6.16. The van der Waals surface area contributed by atoms with Crippen LogP contribution in [0.2, 0.25) is 0 Å². The quantitative estimate of drug-likeness (QED) is 0.907. The summed E-state index contributed by atoms with van der Waals surface area (Å²) in [6.07, 6.45) is 4.24. The number of piperazine rings is 1. The molecule has 6 nitrogen and oxygen atoms in total. The first kappa shape index (κ1) is 16.0. The summed E-state index contributed by atoms with van der Waals surface area (Å²) < 4.78 is 5.16. The van der Waals surface area contributed by atoms with Crippen molar-refractivity contribution >= 4 is 5.95 Å². The second kappa shape index (κ2) is 7.10. The fourth-order valence-corrected chi connectivity index (χ4v) is 3.17. The molecular weight excluding hydrogens is 292 g/mol. The highest BCUT2D eigenvalue weighted by Gasteiger charge is 2.28. The van der Waals surface area contributed by atoms with Gasteiger partial charge in [-0.15, -0.1) is 0 Å². The number of rotatable bonds is 5. The zero-order chi connectivity index (χ0) is 16.2. The minimum atomic E-state index is 0.189. The van der Waals surface area contributed by atoms with Gasteiger partial charge in [-0.05, 0) is 32.4 Å². The molecule has 0 aromatic carbocycles. The normalized spacial score (nSPS) is 19.3. The third-order valence-electron chi connectivity index (χ3n) is 4.29. The van der Waals surface area contributed by atoms with Crippen molar-refractivity contribution in [3.8, 4) is 0 Å². The molecule has 0 spiro atoms. The van der Waals surface area contributed by atoms with Gasteiger partial charge in [-0.2, -0.15) is 0 Å². The first-order valence-electron chi connectivity index (χ1n) is 8.09. The summed E-state index contributed by atoms with van der Waals surface area (Å²) in [6, 6.07) is 4.27. The number of aliphatic hydroxyl groups excluding tert-OH is 1. The monoisotopic (exact) mass is 316 g/mol. The van der Waals surface area contributed by atoms with Crippen molar-refractivity contribution < 1.29 is 9.52 Å². The lowest BCUT2D eigenvalue weighted by atomic mass is 10.1. The van der Waals surface area contributed by atoms with E-state index in [1.807, 2.05) is 26.0 Å². The largest absolute Gasteiger partial charge is 0.472 e. The lowest BCUT2D eigenvalue weighted by Gasteiger charge is -2.41. The smallest absolute Gasteiger partial charge is 0.225 e. The zero-order valence-corrected chi connectivity index (χ0v) is 13.8. The average Bonchev–Trinajstić information content (AvgIpc) is 3.01. The van der Waals surface area contributed by atoms with Gasteiger partial charge >= 0.3 is 0 Å². The van der Waals surface area contributed by atoms with E-state index < -0.39 is 0 Å². The van der Waals surface area contributed by atoms with Crippen LogP contribution in [0.15, 0.2) is 29.1 Å². The van der Waals surface area contributed by atoms with Crippen molar-refractivity contribution in [2.75, 3.05) is 31.1 Å². The Hall–Kier alpha value is -1.92. The Balaban J connectivity index is 1.72. The van der Waals surface area contributed by atoms with Crippen LogP contribution in [0, 0.1) is 13.8 Å². The molecule has 1 unspecified atom stereocenters. The number of furan rings is 1. The molecule has 0 amide bonds. The Labute approximate surface area is 136 Å². The van der Waals surface area contributed by atoms with Gasteiger partial charge in [-0.1, -0.05) is 0 Å². The van der Waals surface area contributed by atoms with Gasteiger partial charge in [0.15, 0.2) is 0 Å². The highest BCUT2D eigenvalue weighted by atomic mass is 16.3. The van der Waals surface area contributed by atoms with Crippen molar-refractivity contribution in [2.24, 2.45) is 0 Å². The molecule has 2 aromatic rings. The molecule has 1 aliphatic rings. The van der Waals surface area contributed by atoms with Crippen LogP contribution in [0.4, 0.5) is 5.95 Å². The molecule has 0 bridgehead atoms. The Morgan fingerprint density at radius 2 is 2.04 bits per heavy atom. The molecule has 3 rings (SSSR count). The van der Waals surface area contributed by atoms with Crippen molar-refractivity contribution in [3.05, 3.63) is 41.6 Å². The Morgan fingerprint density at radius 3 is 2.70 bits per heavy atom. The number of aromatic nitrogens is 2. The van der Waals surface area contributed by atoms with Crippen LogP contribution in [0.5, 0.6) is 0 Å². The molecule has 1 atom stereocenters. The van der Waals surface area contributed by atoms with Crippen LogP contribution in [0.25, 0.3) is 0 Å². The van der Waals surface area contributed by atoms with Gasteiger partial charge in [0.1, 0.15) is 0 Å². The lowest BCUT2D eigenvalue weighted by Crippen LogP contribution is -2.53. The van der Waals surface area contributed by atoms with Gasteiger partial charge in [0.05, 0.1) is 12.5 Å². The van der Waals surface area contributed by atoms with E-state index in [-0.39, 0.29) is 12.6 Å². The first-order chi connectivity index (χ1) is 11.2. The summed E-state index contributed by atoms with van der Waals surface area (Å²) in [7, 11) is 0. The second-order valence-corrected chi connectivity index (χ2v) is 6.16. The summed E-state index contributed by atoms with van der Waals surface area (Å²) in [4.78, 5) is 13.8. The van der Waals surface area contributed by atoms with Crippen molar-refractivity contribution in [3.63, 3.8) is 0 Å². The summed E-state index contributed by atoms with van der Waals surface area (Å²) in [5.74, 6) is 0.799. The molecule has 124 valence electrons. The molecular formula is C17H24N4O2. The van der Waals surface area contributed by atoms with Gasteiger partial charge < -0.3 is 14.4 Å². The predicted octanol–water partition coefficient (Wildman–Crippen LogP) is 1.76. The maximum atomic E-state index is 9.41. The number of nitrogens with zero attached hydrogens (tertiary/aromatic N) is 4. The maximum Gasteiger partial charge on any atom is 0.225 e. The molecule has 2 aromatic heterocycles. The van der Waals surface area contributed by atoms with Gasteiger partial charge in [-0.3, -0.25) is 4.90 Å². The highest BCUT2D eigenvalue weighted by Crippen LogP contribution is 2.20. The number of hydrogen-bond acceptors (Lipinski definition) is 6. The van der Waals surface area contributed by atoms with Crippen molar-refractivity contribution in [1.29, 1.82) is 0 Å². The van der Waals surface area contributed by atoms with Crippen LogP contribution in [0.3, 0.4) is 0 Å². The highest BCUT2D eigenvalue weighted by molar-refractivity contribution is 5.33. The first-order valence-corrected chi connectivity index (χ1v) is 8.09. The molecule has 1 saturated heterocycles. The fourth-order valence-electron chi connectivity index (χ4n) is 3.17. The van der Waals surface area contributed by atoms with Crippen LogP contribution < -0.4 is 4.90 Å². The van der Waals surface area contributed by atoms with E-state index in [0.29, 0.717) is 0 Å². The molecule has 3 heterocycles. The van der Waals surface area contributed by atoms with Gasteiger partial charge in [0.25, 0.3) is 0 Å². The van der Waals surface area contributed by atoms with Crippen molar-refractivity contribution in [2.45, 2.75) is 32.9 Å². The summed E-state index contributed by atoms with van der Waals surface area (Å²) in [5, 5.41) is 9.41. The number of aryl methyl sites for hydroxylation is 2. The Morgan fingerprint density at radius 1 is 1.26 bits per heavy atom. The Bertz CT molecular complexity index is 609. The Kier molecular flexibility index (Phi) is 4.93. The van der Waals surface area contributed by atoms with E-state index >= 15 is 0 Å². The molecule has 23 heavy (non-hydrogen) atoms. The van der Waals surface area contributed by atoms with Gasteiger partial charge in [0.2, 0.25) is 5.95 Å². The van der Waals surface area contributed by atoms with Gasteiger partial charge in [0, 0.05) is 55.8 Å². The van der Waals surface area contributed by atoms with Crippen LogP contribution >= 0.6 is 0 Å². The van der Waals surface area contributed by atoms with Crippen LogP contribution in [-0.2, 0) is 6.54 Å². The number of hydrogen-bond donors (Lipinski definition) is 1. The zero-order valence-electron chi connectivity index (χ0n) is 13.8. The van der Waals surface area contributed by atoms with E-state index in [0.717, 1.165) is 49.9 Å². The molecule has 0 radical (unpaired) electrons. The molecule has 6 heteroatoms. The van der Waals surface area contributed by atoms with Crippen LogP contribution in [0.1, 0.15) is 23.4 Å². The topological polar surface area (TPSA) is 65.6 Å².